The number of para-hydroxylation sites is 1. The molecule has 0 unspecified atom stereocenters. The van der Waals surface area contributed by atoms with Crippen LogP contribution in [0.1, 0.15) is 15.9 Å². The molecule has 0 radical (unpaired) electrons. The van der Waals surface area contributed by atoms with Crippen molar-refractivity contribution in [2.45, 2.75) is 0 Å². The topological polar surface area (TPSA) is 70.7 Å². The van der Waals surface area contributed by atoms with Gasteiger partial charge >= 0.3 is 0 Å². The third-order valence-corrected chi connectivity index (χ3v) is 4.30. The molecule has 0 atom stereocenters. The summed E-state index contributed by atoms with van der Waals surface area (Å²) in [6.07, 6.45) is 1.73. The van der Waals surface area contributed by atoms with E-state index in [0.29, 0.717) is 22.5 Å². The number of hydrogen-bond donors (Lipinski definition) is 1. The number of nitriles is 1. The van der Waals surface area contributed by atoms with Crippen LogP contribution in [0.4, 0.5) is 5.69 Å². The standard InChI is InChI=1S/C23H16N4O/c24-15-17-11-13-19(14-12-17)25-23(28)21-16-27(20-9-5-2-6-10-20)26-22(21)18-7-3-1-4-8-18/h1-14,16H,(H,25,28). The normalized spacial score (nSPS) is 10.2. The molecule has 0 bridgehead atoms. The second-order valence-electron chi connectivity index (χ2n) is 6.18. The first kappa shape index (κ1) is 17.3. The summed E-state index contributed by atoms with van der Waals surface area (Å²) in [6, 6.07) is 28.1. The number of anilines is 1. The molecule has 1 aromatic heterocycles. The van der Waals surface area contributed by atoms with Gasteiger partial charge in [-0.2, -0.15) is 10.4 Å². The van der Waals surface area contributed by atoms with E-state index in [-0.39, 0.29) is 5.91 Å². The quantitative estimate of drug-likeness (QED) is 0.572. The van der Waals surface area contributed by atoms with Crippen LogP contribution in [0.15, 0.2) is 91.1 Å². The highest BCUT2D eigenvalue weighted by Crippen LogP contribution is 2.24. The molecule has 0 saturated heterocycles. The van der Waals surface area contributed by atoms with E-state index in [1.807, 2.05) is 60.7 Å². The van der Waals surface area contributed by atoms with Gasteiger partial charge in [0.25, 0.3) is 5.91 Å². The van der Waals surface area contributed by atoms with E-state index < -0.39 is 0 Å². The predicted octanol–water partition coefficient (Wildman–Crippen LogP) is 4.66. The number of hydrogen-bond acceptors (Lipinski definition) is 3. The summed E-state index contributed by atoms with van der Waals surface area (Å²) in [6.45, 7) is 0. The fourth-order valence-corrected chi connectivity index (χ4v) is 2.89. The number of carbonyl (C=O) groups excluding carboxylic acids is 1. The molecule has 0 saturated carbocycles. The van der Waals surface area contributed by atoms with Crippen LogP contribution >= 0.6 is 0 Å². The number of benzene rings is 3. The number of amides is 1. The van der Waals surface area contributed by atoms with Gasteiger partial charge in [0.1, 0.15) is 5.69 Å². The predicted molar refractivity (Wildman–Crippen MR) is 108 cm³/mol. The molecule has 5 heteroatoms. The molecule has 1 amide bonds. The van der Waals surface area contributed by atoms with Crippen LogP contribution in [-0.2, 0) is 0 Å². The Morgan fingerprint density at radius 1 is 0.893 bits per heavy atom. The zero-order valence-electron chi connectivity index (χ0n) is 14.9. The maximum Gasteiger partial charge on any atom is 0.259 e. The Labute approximate surface area is 162 Å². The van der Waals surface area contributed by atoms with Crippen LogP contribution in [0.5, 0.6) is 0 Å². The minimum Gasteiger partial charge on any atom is -0.322 e. The number of carbonyl (C=O) groups is 1. The summed E-state index contributed by atoms with van der Waals surface area (Å²) in [7, 11) is 0. The maximum atomic E-state index is 13.0. The Balaban J connectivity index is 1.72. The van der Waals surface area contributed by atoms with Crippen LogP contribution in [0, 0.1) is 11.3 Å². The van der Waals surface area contributed by atoms with E-state index in [4.69, 9.17) is 5.26 Å². The fourth-order valence-electron chi connectivity index (χ4n) is 2.89. The second kappa shape index (κ2) is 7.60. The number of nitrogens with zero attached hydrogens (tertiary/aromatic N) is 3. The SMILES string of the molecule is N#Cc1ccc(NC(=O)c2cn(-c3ccccc3)nc2-c2ccccc2)cc1. The van der Waals surface area contributed by atoms with Crippen molar-refractivity contribution in [3.63, 3.8) is 0 Å². The molecule has 0 aliphatic carbocycles. The first-order chi connectivity index (χ1) is 13.7. The fraction of sp³-hybridized carbons (Fsp3) is 0. The van der Waals surface area contributed by atoms with Gasteiger partial charge in [0.2, 0.25) is 0 Å². The molecular formula is C23H16N4O. The van der Waals surface area contributed by atoms with Crippen LogP contribution < -0.4 is 5.32 Å². The molecular weight excluding hydrogens is 348 g/mol. The van der Waals surface area contributed by atoms with E-state index in [1.54, 1.807) is 35.1 Å². The van der Waals surface area contributed by atoms with Crippen molar-refractivity contribution in [2.75, 3.05) is 5.32 Å². The minimum atomic E-state index is -0.259. The summed E-state index contributed by atoms with van der Waals surface area (Å²) < 4.78 is 1.70. The van der Waals surface area contributed by atoms with Crippen LogP contribution in [0.3, 0.4) is 0 Å². The van der Waals surface area contributed by atoms with Crippen molar-refractivity contribution in [3.05, 3.63) is 102 Å². The van der Waals surface area contributed by atoms with Gasteiger partial charge in [-0.3, -0.25) is 4.79 Å². The van der Waals surface area contributed by atoms with Crippen molar-refractivity contribution in [1.29, 1.82) is 5.26 Å². The Morgan fingerprint density at radius 3 is 2.18 bits per heavy atom. The lowest BCUT2D eigenvalue weighted by molar-refractivity contribution is 0.102. The van der Waals surface area contributed by atoms with Gasteiger partial charge in [0, 0.05) is 17.4 Å². The minimum absolute atomic E-state index is 0.259. The van der Waals surface area contributed by atoms with Gasteiger partial charge in [0.15, 0.2) is 0 Å². The lowest BCUT2D eigenvalue weighted by Gasteiger charge is -2.05. The summed E-state index contributed by atoms with van der Waals surface area (Å²) in [5.74, 6) is -0.259. The molecule has 0 aliphatic rings. The van der Waals surface area contributed by atoms with Crippen molar-refractivity contribution < 1.29 is 4.79 Å². The van der Waals surface area contributed by atoms with Crippen molar-refractivity contribution >= 4 is 11.6 Å². The first-order valence-corrected chi connectivity index (χ1v) is 8.76. The van der Waals surface area contributed by atoms with Crippen molar-refractivity contribution in [2.24, 2.45) is 0 Å². The lowest BCUT2D eigenvalue weighted by atomic mass is 10.1. The highest BCUT2D eigenvalue weighted by atomic mass is 16.1. The Hall–Kier alpha value is -4.17. The van der Waals surface area contributed by atoms with Gasteiger partial charge < -0.3 is 5.32 Å². The van der Waals surface area contributed by atoms with Crippen LogP contribution in [0.25, 0.3) is 16.9 Å². The average Bonchev–Trinajstić information content (AvgIpc) is 3.21. The highest BCUT2D eigenvalue weighted by molar-refractivity contribution is 6.08. The molecule has 28 heavy (non-hydrogen) atoms. The highest BCUT2D eigenvalue weighted by Gasteiger charge is 2.18. The molecule has 1 heterocycles. The third-order valence-electron chi connectivity index (χ3n) is 4.30. The molecule has 1 N–H and O–H groups in total. The van der Waals surface area contributed by atoms with E-state index in [0.717, 1.165) is 11.3 Å². The van der Waals surface area contributed by atoms with Gasteiger partial charge in [-0.05, 0) is 36.4 Å². The number of aromatic nitrogens is 2. The van der Waals surface area contributed by atoms with Crippen molar-refractivity contribution in [1.82, 2.24) is 9.78 Å². The smallest absolute Gasteiger partial charge is 0.259 e. The zero-order chi connectivity index (χ0) is 19.3. The Kier molecular flexibility index (Phi) is 4.68. The Bertz CT molecular complexity index is 1140. The van der Waals surface area contributed by atoms with Gasteiger partial charge in [0.05, 0.1) is 22.9 Å². The first-order valence-electron chi connectivity index (χ1n) is 8.76. The lowest BCUT2D eigenvalue weighted by Crippen LogP contribution is -2.12. The van der Waals surface area contributed by atoms with Gasteiger partial charge in [-0.25, -0.2) is 4.68 Å². The summed E-state index contributed by atoms with van der Waals surface area (Å²) in [5, 5.41) is 16.4. The molecule has 0 fully saturated rings. The van der Waals surface area contributed by atoms with Crippen LogP contribution in [-0.4, -0.2) is 15.7 Å². The van der Waals surface area contributed by atoms with Crippen LogP contribution in [0.2, 0.25) is 0 Å². The Morgan fingerprint density at radius 2 is 1.54 bits per heavy atom. The third kappa shape index (κ3) is 3.53. The summed E-state index contributed by atoms with van der Waals surface area (Å²) >= 11 is 0. The van der Waals surface area contributed by atoms with E-state index >= 15 is 0 Å². The van der Waals surface area contributed by atoms with Gasteiger partial charge in [-0.1, -0.05) is 48.5 Å². The summed E-state index contributed by atoms with van der Waals surface area (Å²) in [4.78, 5) is 13.0. The molecule has 0 spiro atoms. The second-order valence-corrected chi connectivity index (χ2v) is 6.18. The summed E-state index contributed by atoms with van der Waals surface area (Å²) in [5.41, 5.74) is 3.98. The van der Waals surface area contributed by atoms with E-state index in [2.05, 4.69) is 16.5 Å². The largest absolute Gasteiger partial charge is 0.322 e. The van der Waals surface area contributed by atoms with E-state index in [1.165, 1.54) is 0 Å². The zero-order valence-corrected chi connectivity index (χ0v) is 14.9. The van der Waals surface area contributed by atoms with Crippen molar-refractivity contribution in [3.8, 4) is 23.0 Å². The number of nitrogens with one attached hydrogen (secondary N) is 1. The molecule has 134 valence electrons. The molecule has 3 aromatic carbocycles. The molecule has 5 nitrogen and oxygen atoms in total. The average molecular weight is 364 g/mol. The van der Waals surface area contributed by atoms with E-state index in [9.17, 15) is 4.79 Å². The molecule has 0 aliphatic heterocycles. The maximum absolute atomic E-state index is 13.0. The monoisotopic (exact) mass is 364 g/mol. The van der Waals surface area contributed by atoms with Gasteiger partial charge in [-0.15, -0.1) is 0 Å². The number of rotatable bonds is 4. The molecule has 4 aromatic rings. The molecule has 4 rings (SSSR count).